The van der Waals surface area contributed by atoms with Crippen molar-refractivity contribution in [1.82, 2.24) is 5.32 Å². The highest BCUT2D eigenvalue weighted by molar-refractivity contribution is 5.97. The smallest absolute Gasteiger partial charge is 0.119 e. The molecular formula is C28H28FNO. The van der Waals surface area contributed by atoms with Crippen LogP contribution in [0.15, 0.2) is 84.9 Å². The average Bonchev–Trinajstić information content (AvgIpc) is 2.83. The van der Waals surface area contributed by atoms with Gasteiger partial charge in [-0.15, -0.1) is 0 Å². The SMILES string of the molecule is COc1cccc([C@@H](C)NC(C)c2cc(-c3ccc(CF)cc3)c3ccccc3c2)c1. The molecule has 1 N–H and O–H groups in total. The van der Waals surface area contributed by atoms with E-state index in [1.807, 2.05) is 36.4 Å². The van der Waals surface area contributed by atoms with Gasteiger partial charge in [-0.05, 0) is 76.7 Å². The van der Waals surface area contributed by atoms with Gasteiger partial charge in [0.2, 0.25) is 0 Å². The molecule has 0 radical (unpaired) electrons. The first-order chi connectivity index (χ1) is 15.1. The van der Waals surface area contributed by atoms with E-state index in [9.17, 15) is 4.39 Å². The lowest BCUT2D eigenvalue weighted by atomic mass is 9.93. The van der Waals surface area contributed by atoms with Crippen LogP contribution in [0.4, 0.5) is 4.39 Å². The van der Waals surface area contributed by atoms with Gasteiger partial charge in [-0.1, -0.05) is 60.7 Å². The second-order valence-electron chi connectivity index (χ2n) is 8.01. The van der Waals surface area contributed by atoms with Crippen molar-refractivity contribution in [2.45, 2.75) is 32.6 Å². The summed E-state index contributed by atoms with van der Waals surface area (Å²) in [6, 6.07) is 29.2. The molecule has 158 valence electrons. The number of halogens is 1. The van der Waals surface area contributed by atoms with E-state index in [2.05, 4.69) is 67.7 Å². The van der Waals surface area contributed by atoms with Crippen LogP contribution >= 0.6 is 0 Å². The van der Waals surface area contributed by atoms with Gasteiger partial charge in [-0.25, -0.2) is 4.39 Å². The minimum Gasteiger partial charge on any atom is -0.497 e. The van der Waals surface area contributed by atoms with Crippen LogP contribution < -0.4 is 10.1 Å². The molecule has 0 aliphatic carbocycles. The van der Waals surface area contributed by atoms with E-state index in [1.54, 1.807) is 7.11 Å². The Labute approximate surface area is 183 Å². The van der Waals surface area contributed by atoms with Crippen LogP contribution in [0.3, 0.4) is 0 Å². The first kappa shape index (κ1) is 21.1. The van der Waals surface area contributed by atoms with Crippen molar-refractivity contribution >= 4 is 10.8 Å². The van der Waals surface area contributed by atoms with Crippen molar-refractivity contribution < 1.29 is 9.13 Å². The molecule has 0 amide bonds. The lowest BCUT2D eigenvalue weighted by Gasteiger charge is -2.22. The molecule has 0 saturated carbocycles. The van der Waals surface area contributed by atoms with Crippen LogP contribution in [0.2, 0.25) is 0 Å². The minimum absolute atomic E-state index is 0.148. The van der Waals surface area contributed by atoms with E-state index in [1.165, 1.54) is 27.5 Å². The maximum absolute atomic E-state index is 13.0. The van der Waals surface area contributed by atoms with E-state index in [-0.39, 0.29) is 12.1 Å². The van der Waals surface area contributed by atoms with Crippen molar-refractivity contribution in [2.75, 3.05) is 7.11 Å². The first-order valence-electron chi connectivity index (χ1n) is 10.7. The Morgan fingerprint density at radius 3 is 2.29 bits per heavy atom. The number of hydrogen-bond acceptors (Lipinski definition) is 2. The molecule has 0 fully saturated rings. The molecular weight excluding hydrogens is 385 g/mol. The van der Waals surface area contributed by atoms with Gasteiger partial charge in [0, 0.05) is 12.1 Å². The predicted molar refractivity (Wildman–Crippen MR) is 127 cm³/mol. The van der Waals surface area contributed by atoms with Crippen molar-refractivity contribution in [2.24, 2.45) is 0 Å². The zero-order chi connectivity index (χ0) is 21.8. The summed E-state index contributed by atoms with van der Waals surface area (Å²) in [4.78, 5) is 0. The van der Waals surface area contributed by atoms with Gasteiger partial charge in [-0.3, -0.25) is 0 Å². The molecule has 4 aromatic rings. The number of hydrogen-bond donors (Lipinski definition) is 1. The summed E-state index contributed by atoms with van der Waals surface area (Å²) < 4.78 is 18.3. The van der Waals surface area contributed by atoms with Crippen molar-refractivity contribution in [3.05, 3.63) is 102 Å². The molecule has 4 rings (SSSR count). The fourth-order valence-electron chi connectivity index (χ4n) is 4.07. The van der Waals surface area contributed by atoms with E-state index in [0.29, 0.717) is 5.56 Å². The quantitative estimate of drug-likeness (QED) is 0.341. The summed E-state index contributed by atoms with van der Waals surface area (Å²) in [5, 5.41) is 6.12. The van der Waals surface area contributed by atoms with Crippen molar-refractivity contribution in [3.8, 4) is 16.9 Å². The zero-order valence-corrected chi connectivity index (χ0v) is 18.2. The summed E-state index contributed by atoms with van der Waals surface area (Å²) in [5.74, 6) is 0.864. The van der Waals surface area contributed by atoms with Crippen LogP contribution in [0, 0.1) is 0 Å². The molecule has 0 aliphatic heterocycles. The number of rotatable bonds is 7. The fourth-order valence-corrected chi connectivity index (χ4v) is 4.07. The number of methoxy groups -OCH3 is 1. The molecule has 3 heteroatoms. The molecule has 0 saturated heterocycles. The number of nitrogens with one attached hydrogen (secondary N) is 1. The third-order valence-electron chi connectivity index (χ3n) is 5.90. The Balaban J connectivity index is 1.68. The normalized spacial score (nSPS) is 13.2. The van der Waals surface area contributed by atoms with Crippen LogP contribution in [0.5, 0.6) is 5.75 Å². The van der Waals surface area contributed by atoms with Crippen LogP contribution in [-0.2, 0) is 6.67 Å². The average molecular weight is 414 g/mol. The first-order valence-corrected chi connectivity index (χ1v) is 10.7. The van der Waals surface area contributed by atoms with E-state index in [4.69, 9.17) is 4.74 Å². The second-order valence-corrected chi connectivity index (χ2v) is 8.01. The molecule has 0 aromatic heterocycles. The van der Waals surface area contributed by atoms with Crippen LogP contribution in [0.25, 0.3) is 21.9 Å². The van der Waals surface area contributed by atoms with Crippen molar-refractivity contribution in [3.63, 3.8) is 0 Å². The number of fused-ring (bicyclic) bond motifs is 1. The summed E-state index contributed by atoms with van der Waals surface area (Å²) >= 11 is 0. The molecule has 31 heavy (non-hydrogen) atoms. The summed E-state index contributed by atoms with van der Waals surface area (Å²) in [7, 11) is 1.69. The number of benzene rings is 4. The van der Waals surface area contributed by atoms with Gasteiger partial charge in [-0.2, -0.15) is 0 Å². The molecule has 0 bridgehead atoms. The molecule has 0 heterocycles. The lowest BCUT2D eigenvalue weighted by molar-refractivity contribution is 0.412. The van der Waals surface area contributed by atoms with Crippen LogP contribution in [0.1, 0.15) is 42.6 Å². The summed E-state index contributed by atoms with van der Waals surface area (Å²) in [6.07, 6.45) is 0. The highest BCUT2D eigenvalue weighted by Gasteiger charge is 2.15. The Bertz CT molecular complexity index is 1170. The molecule has 0 aliphatic rings. The van der Waals surface area contributed by atoms with Crippen molar-refractivity contribution in [1.29, 1.82) is 0 Å². The van der Waals surface area contributed by atoms with Crippen LogP contribution in [-0.4, -0.2) is 7.11 Å². The van der Waals surface area contributed by atoms with E-state index in [0.717, 1.165) is 11.3 Å². The molecule has 2 nitrogen and oxygen atoms in total. The number of ether oxygens (including phenoxy) is 1. The Hall–Kier alpha value is -3.17. The fraction of sp³-hybridized carbons (Fsp3) is 0.214. The Kier molecular flexibility index (Phi) is 6.34. The third-order valence-corrected chi connectivity index (χ3v) is 5.90. The monoisotopic (exact) mass is 413 g/mol. The lowest BCUT2D eigenvalue weighted by Crippen LogP contribution is -2.22. The van der Waals surface area contributed by atoms with Gasteiger partial charge < -0.3 is 10.1 Å². The maximum Gasteiger partial charge on any atom is 0.119 e. The minimum atomic E-state index is -0.440. The predicted octanol–water partition coefficient (Wildman–Crippen LogP) is 7.40. The molecule has 0 spiro atoms. The van der Waals surface area contributed by atoms with E-state index < -0.39 is 6.67 Å². The molecule has 1 unspecified atom stereocenters. The standard InChI is InChI=1S/C28H28FNO/c1-19(23-8-6-9-26(16-23)31-3)30-20(2)25-15-24-7-4-5-10-27(24)28(17-25)22-13-11-21(18-29)12-14-22/h4-17,19-20,30H,18H2,1-3H3/t19-,20?/m1/s1. The van der Waals surface area contributed by atoms with E-state index >= 15 is 0 Å². The topological polar surface area (TPSA) is 21.3 Å². The summed E-state index contributed by atoms with van der Waals surface area (Å²) in [6.45, 7) is 3.92. The Morgan fingerprint density at radius 2 is 1.55 bits per heavy atom. The zero-order valence-electron chi connectivity index (χ0n) is 18.2. The molecule has 4 aromatic carbocycles. The Morgan fingerprint density at radius 1 is 0.806 bits per heavy atom. The summed E-state index contributed by atoms with van der Waals surface area (Å²) in [5.41, 5.74) is 5.38. The van der Waals surface area contributed by atoms with Gasteiger partial charge in [0.15, 0.2) is 0 Å². The second kappa shape index (κ2) is 9.32. The largest absolute Gasteiger partial charge is 0.497 e. The maximum atomic E-state index is 13.0. The molecule has 2 atom stereocenters. The highest BCUT2D eigenvalue weighted by atomic mass is 19.1. The van der Waals surface area contributed by atoms with Gasteiger partial charge in [0.1, 0.15) is 12.4 Å². The van der Waals surface area contributed by atoms with Gasteiger partial charge in [0.25, 0.3) is 0 Å². The third kappa shape index (κ3) is 4.62. The highest BCUT2D eigenvalue weighted by Crippen LogP contribution is 2.33. The van der Waals surface area contributed by atoms with Gasteiger partial charge >= 0.3 is 0 Å². The number of alkyl halides is 1. The van der Waals surface area contributed by atoms with Gasteiger partial charge in [0.05, 0.1) is 7.11 Å².